The summed E-state index contributed by atoms with van der Waals surface area (Å²) < 4.78 is 20.0. The summed E-state index contributed by atoms with van der Waals surface area (Å²) in [5, 5.41) is 0.162. The summed E-state index contributed by atoms with van der Waals surface area (Å²) in [6, 6.07) is 3.94. The fraction of sp³-hybridized carbons (Fsp3) is 0.333. The molecule has 6 heteroatoms. The number of carbonyl (C=O) groups excluding carboxylic acids is 1. The van der Waals surface area contributed by atoms with Gasteiger partial charge < -0.3 is 9.30 Å². The first-order valence-electron chi connectivity index (χ1n) is 6.64. The Morgan fingerprint density at radius 1 is 1.43 bits per heavy atom. The van der Waals surface area contributed by atoms with Crippen molar-refractivity contribution in [3.05, 3.63) is 46.0 Å². The van der Waals surface area contributed by atoms with Crippen LogP contribution in [0, 0.1) is 5.82 Å². The van der Waals surface area contributed by atoms with E-state index in [1.807, 2.05) is 0 Å². The molecule has 0 aliphatic heterocycles. The van der Waals surface area contributed by atoms with Gasteiger partial charge in [-0.1, -0.05) is 0 Å². The zero-order valence-electron chi connectivity index (χ0n) is 11.6. The molecule has 2 aromatic rings. The van der Waals surface area contributed by atoms with Crippen molar-refractivity contribution >= 4 is 28.5 Å². The van der Waals surface area contributed by atoms with Crippen molar-refractivity contribution in [3.8, 4) is 0 Å². The largest absolute Gasteiger partial charge is 0.462 e. The van der Waals surface area contributed by atoms with Crippen LogP contribution < -0.4 is 5.43 Å². The van der Waals surface area contributed by atoms with Crippen LogP contribution in [-0.2, 0) is 11.3 Å². The highest BCUT2D eigenvalue weighted by molar-refractivity contribution is 6.17. The van der Waals surface area contributed by atoms with Gasteiger partial charge in [0.15, 0.2) is 0 Å². The number of rotatable bonds is 5. The smallest absolute Gasteiger partial charge is 0.343 e. The summed E-state index contributed by atoms with van der Waals surface area (Å²) in [5.41, 5.74) is -0.0471. The third kappa shape index (κ3) is 3.24. The maximum Gasteiger partial charge on any atom is 0.343 e. The normalized spacial score (nSPS) is 10.8. The fourth-order valence-electron chi connectivity index (χ4n) is 2.14. The molecule has 0 atom stereocenters. The molecule has 1 heterocycles. The first-order chi connectivity index (χ1) is 10.1. The van der Waals surface area contributed by atoms with Gasteiger partial charge in [0.05, 0.1) is 12.1 Å². The van der Waals surface area contributed by atoms with Gasteiger partial charge in [-0.3, -0.25) is 4.79 Å². The molecule has 0 N–H and O–H groups in total. The molecule has 0 unspecified atom stereocenters. The predicted octanol–water partition coefficient (Wildman–Crippen LogP) is 2.95. The van der Waals surface area contributed by atoms with E-state index in [4.69, 9.17) is 16.3 Å². The SMILES string of the molecule is CCOC(=O)c1cn(CCCCl)c2ccc(F)cc2c1=O. The Morgan fingerprint density at radius 2 is 2.19 bits per heavy atom. The first kappa shape index (κ1) is 15.5. The van der Waals surface area contributed by atoms with Crippen LogP contribution in [0.3, 0.4) is 0 Å². The molecule has 0 aliphatic carbocycles. The highest BCUT2D eigenvalue weighted by Crippen LogP contribution is 2.15. The minimum Gasteiger partial charge on any atom is -0.462 e. The van der Waals surface area contributed by atoms with Crippen molar-refractivity contribution in [2.45, 2.75) is 19.9 Å². The Bertz CT molecular complexity index is 727. The monoisotopic (exact) mass is 311 g/mol. The molecule has 112 valence electrons. The number of carbonyl (C=O) groups is 1. The van der Waals surface area contributed by atoms with Gasteiger partial charge >= 0.3 is 5.97 Å². The Kier molecular flexibility index (Phi) is 4.96. The number of halogens is 2. The lowest BCUT2D eigenvalue weighted by atomic mass is 10.1. The molecular weight excluding hydrogens is 297 g/mol. The second-order valence-corrected chi connectivity index (χ2v) is 4.87. The first-order valence-corrected chi connectivity index (χ1v) is 7.17. The zero-order chi connectivity index (χ0) is 15.4. The minimum atomic E-state index is -0.701. The molecule has 0 spiro atoms. The lowest BCUT2D eigenvalue weighted by molar-refractivity contribution is 0.0524. The van der Waals surface area contributed by atoms with E-state index in [0.717, 1.165) is 6.07 Å². The molecule has 21 heavy (non-hydrogen) atoms. The number of esters is 1. The van der Waals surface area contributed by atoms with Crippen molar-refractivity contribution < 1.29 is 13.9 Å². The Labute approximate surface area is 126 Å². The number of nitrogens with zero attached hydrogens (tertiary/aromatic N) is 1. The van der Waals surface area contributed by atoms with Gasteiger partial charge in [-0.15, -0.1) is 11.6 Å². The van der Waals surface area contributed by atoms with E-state index in [1.165, 1.54) is 18.3 Å². The Hall–Kier alpha value is -1.88. The molecule has 0 saturated heterocycles. The van der Waals surface area contributed by atoms with Crippen LogP contribution in [0.2, 0.25) is 0 Å². The summed E-state index contributed by atoms with van der Waals surface area (Å²) in [6.07, 6.45) is 2.12. The number of aromatic nitrogens is 1. The average molecular weight is 312 g/mol. The van der Waals surface area contributed by atoms with E-state index in [9.17, 15) is 14.0 Å². The molecule has 0 radical (unpaired) electrons. The highest BCUT2D eigenvalue weighted by Gasteiger charge is 2.16. The molecular formula is C15H15ClFNO3. The molecule has 4 nitrogen and oxygen atoms in total. The summed E-state index contributed by atoms with van der Waals surface area (Å²) >= 11 is 5.68. The fourth-order valence-corrected chi connectivity index (χ4v) is 2.26. The Balaban J connectivity index is 2.67. The van der Waals surface area contributed by atoms with E-state index in [-0.39, 0.29) is 17.6 Å². The summed E-state index contributed by atoms with van der Waals surface area (Å²) in [7, 11) is 0. The van der Waals surface area contributed by atoms with E-state index in [0.29, 0.717) is 24.4 Å². The van der Waals surface area contributed by atoms with Crippen molar-refractivity contribution in [3.63, 3.8) is 0 Å². The minimum absolute atomic E-state index is 0.0930. The molecule has 1 aromatic heterocycles. The molecule has 0 bridgehead atoms. The van der Waals surface area contributed by atoms with Crippen molar-refractivity contribution in [2.75, 3.05) is 12.5 Å². The van der Waals surface area contributed by atoms with Gasteiger partial charge in [0.1, 0.15) is 11.4 Å². The average Bonchev–Trinajstić information content (AvgIpc) is 2.47. The van der Waals surface area contributed by atoms with Gasteiger partial charge in [0, 0.05) is 24.0 Å². The van der Waals surface area contributed by atoms with Crippen LogP contribution >= 0.6 is 11.6 Å². The third-order valence-electron chi connectivity index (χ3n) is 3.07. The van der Waals surface area contributed by atoms with Crippen LogP contribution in [0.25, 0.3) is 10.9 Å². The van der Waals surface area contributed by atoms with Crippen molar-refractivity contribution in [1.82, 2.24) is 4.57 Å². The second kappa shape index (κ2) is 6.72. The van der Waals surface area contributed by atoms with E-state index in [1.54, 1.807) is 11.5 Å². The van der Waals surface area contributed by atoms with Gasteiger partial charge in [-0.25, -0.2) is 9.18 Å². The predicted molar refractivity (Wildman–Crippen MR) is 79.5 cm³/mol. The summed E-state index contributed by atoms with van der Waals surface area (Å²) in [4.78, 5) is 24.2. The molecule has 0 saturated carbocycles. The van der Waals surface area contributed by atoms with Gasteiger partial charge in [0.25, 0.3) is 0 Å². The van der Waals surface area contributed by atoms with Gasteiger partial charge in [-0.05, 0) is 31.5 Å². The molecule has 1 aromatic carbocycles. The molecule has 0 aliphatic rings. The summed E-state index contributed by atoms with van der Waals surface area (Å²) in [5.74, 6) is -0.776. The number of pyridine rings is 1. The van der Waals surface area contributed by atoms with E-state index >= 15 is 0 Å². The Morgan fingerprint density at radius 3 is 2.86 bits per heavy atom. The maximum atomic E-state index is 13.4. The van der Waals surface area contributed by atoms with Crippen molar-refractivity contribution in [1.29, 1.82) is 0 Å². The molecule has 0 fully saturated rings. The maximum absolute atomic E-state index is 13.4. The second-order valence-electron chi connectivity index (χ2n) is 4.49. The zero-order valence-corrected chi connectivity index (χ0v) is 12.3. The third-order valence-corrected chi connectivity index (χ3v) is 3.34. The van der Waals surface area contributed by atoms with Crippen LogP contribution in [0.5, 0.6) is 0 Å². The van der Waals surface area contributed by atoms with E-state index < -0.39 is 17.2 Å². The number of alkyl halides is 1. The summed E-state index contributed by atoms with van der Waals surface area (Å²) in [6.45, 7) is 2.35. The number of hydrogen-bond donors (Lipinski definition) is 0. The number of aryl methyl sites for hydroxylation is 1. The number of hydrogen-bond acceptors (Lipinski definition) is 3. The topological polar surface area (TPSA) is 48.3 Å². The highest BCUT2D eigenvalue weighted by atomic mass is 35.5. The standard InChI is InChI=1S/C15H15ClFNO3/c1-2-21-15(20)12-9-18(7-3-6-16)13-5-4-10(17)8-11(13)14(12)19/h4-5,8-9H,2-3,6-7H2,1H3. The van der Waals surface area contributed by atoms with Crippen molar-refractivity contribution in [2.24, 2.45) is 0 Å². The quantitative estimate of drug-likeness (QED) is 0.630. The van der Waals surface area contributed by atoms with Crippen LogP contribution in [0.1, 0.15) is 23.7 Å². The van der Waals surface area contributed by atoms with Gasteiger partial charge in [-0.2, -0.15) is 0 Å². The number of ether oxygens (including phenoxy) is 1. The van der Waals surface area contributed by atoms with E-state index in [2.05, 4.69) is 0 Å². The van der Waals surface area contributed by atoms with Crippen LogP contribution in [0.15, 0.2) is 29.2 Å². The number of benzene rings is 1. The lowest BCUT2D eigenvalue weighted by Gasteiger charge is -2.12. The molecule has 2 rings (SSSR count). The van der Waals surface area contributed by atoms with Crippen LogP contribution in [-0.4, -0.2) is 23.0 Å². The van der Waals surface area contributed by atoms with Gasteiger partial charge in [0.2, 0.25) is 5.43 Å². The van der Waals surface area contributed by atoms with Crippen LogP contribution in [0.4, 0.5) is 4.39 Å². The lowest BCUT2D eigenvalue weighted by Crippen LogP contribution is -2.21. The molecule has 0 amide bonds. The number of fused-ring (bicyclic) bond motifs is 1.